The number of aromatic nitrogens is 4. The maximum absolute atomic E-state index is 14.0. The van der Waals surface area contributed by atoms with E-state index < -0.39 is 68.0 Å². The summed E-state index contributed by atoms with van der Waals surface area (Å²) in [5.74, 6) is -3.43. The summed E-state index contributed by atoms with van der Waals surface area (Å²) in [6.45, 7) is 1.34. The first kappa shape index (κ1) is 45.4. The molecule has 0 radical (unpaired) electrons. The van der Waals surface area contributed by atoms with E-state index in [4.69, 9.17) is 33.2 Å². The lowest BCUT2D eigenvalue weighted by molar-refractivity contribution is -0.140. The van der Waals surface area contributed by atoms with Gasteiger partial charge < -0.3 is 38.5 Å². The minimum Gasteiger partial charge on any atom is -0.491 e. The third-order valence-electron chi connectivity index (χ3n) is 9.11. The van der Waals surface area contributed by atoms with Crippen LogP contribution in [0.4, 0.5) is 24.8 Å². The number of ether oxygens (including phenoxy) is 7. The molecular weight excluding hydrogens is 854 g/mol. The van der Waals surface area contributed by atoms with Crippen LogP contribution in [0.5, 0.6) is 17.5 Å². The average Bonchev–Trinajstić information content (AvgIpc) is 3.77. The van der Waals surface area contributed by atoms with E-state index in [0.29, 0.717) is 18.3 Å². The highest BCUT2D eigenvalue weighted by molar-refractivity contribution is 7.92. The summed E-state index contributed by atoms with van der Waals surface area (Å²) in [4.78, 5) is 57.8. The Labute approximate surface area is 351 Å². The topological polar surface area (TPSA) is 249 Å². The Morgan fingerprint density at radius 1 is 0.839 bits per heavy atom. The van der Waals surface area contributed by atoms with Crippen molar-refractivity contribution >= 4 is 50.9 Å². The summed E-state index contributed by atoms with van der Waals surface area (Å²) in [5, 5.41) is 9.20. The van der Waals surface area contributed by atoms with E-state index in [9.17, 15) is 40.8 Å². The molecule has 0 bridgehead atoms. The Balaban J connectivity index is 0.858. The normalized spacial score (nSPS) is 15.5. The van der Waals surface area contributed by atoms with Crippen LogP contribution < -0.4 is 29.6 Å². The SMILES string of the molecule is COc1cnc(OC)n2nc(NS(=O)(=O)c3c(OCCOCCOCCOCCOCCNc4cccc5c4C(=O)N(C4CCC(=O)NC4=O)C5=O)cccc3C(F)(F)F)nc12. The van der Waals surface area contributed by atoms with Gasteiger partial charge in [0.2, 0.25) is 17.5 Å². The van der Waals surface area contributed by atoms with Crippen molar-refractivity contribution in [3.8, 4) is 17.5 Å². The molecule has 1 saturated heterocycles. The molecule has 0 spiro atoms. The van der Waals surface area contributed by atoms with Gasteiger partial charge in [-0.2, -0.15) is 27.7 Å². The molecule has 1 atom stereocenters. The number of sulfonamides is 1. The van der Waals surface area contributed by atoms with Gasteiger partial charge in [0.25, 0.3) is 27.8 Å². The maximum atomic E-state index is 14.0. The number of methoxy groups -OCH3 is 2. The summed E-state index contributed by atoms with van der Waals surface area (Å²) in [6, 6.07) is 6.30. The van der Waals surface area contributed by atoms with Crippen LogP contribution >= 0.6 is 0 Å². The molecule has 25 heteroatoms. The van der Waals surface area contributed by atoms with E-state index in [-0.39, 0.29) is 101 Å². The van der Waals surface area contributed by atoms with E-state index in [1.165, 1.54) is 26.5 Å². The zero-order chi connectivity index (χ0) is 44.4. The molecular formula is C37H41F3N8O13S. The number of fused-ring (bicyclic) bond motifs is 2. The van der Waals surface area contributed by atoms with E-state index in [1.54, 1.807) is 12.1 Å². The molecule has 334 valence electrons. The Kier molecular flexibility index (Phi) is 14.7. The highest BCUT2D eigenvalue weighted by Crippen LogP contribution is 2.40. The summed E-state index contributed by atoms with van der Waals surface area (Å²) in [6.07, 6.45) is -3.74. The first-order chi connectivity index (χ1) is 29.7. The van der Waals surface area contributed by atoms with Gasteiger partial charge in [0.15, 0.2) is 5.75 Å². The number of imide groups is 2. The number of carbonyl (C=O) groups excluding carboxylic acids is 4. The molecule has 2 aromatic heterocycles. The predicted molar refractivity (Wildman–Crippen MR) is 207 cm³/mol. The van der Waals surface area contributed by atoms with Gasteiger partial charge in [0.1, 0.15) is 23.3 Å². The number of anilines is 2. The number of hydrogen-bond donors (Lipinski definition) is 3. The minimum atomic E-state index is -5.07. The van der Waals surface area contributed by atoms with Gasteiger partial charge in [-0.1, -0.05) is 12.1 Å². The van der Waals surface area contributed by atoms with Crippen LogP contribution in [0.3, 0.4) is 0 Å². The second kappa shape index (κ2) is 20.1. The molecule has 1 fully saturated rings. The van der Waals surface area contributed by atoms with Crippen LogP contribution in [0.2, 0.25) is 0 Å². The molecule has 62 heavy (non-hydrogen) atoms. The third-order valence-corrected chi connectivity index (χ3v) is 10.5. The van der Waals surface area contributed by atoms with Crippen LogP contribution in [0.1, 0.15) is 39.1 Å². The number of nitrogens with zero attached hydrogens (tertiary/aromatic N) is 5. The van der Waals surface area contributed by atoms with Gasteiger partial charge in [0, 0.05) is 18.7 Å². The smallest absolute Gasteiger partial charge is 0.417 e. The molecule has 4 amide bonds. The van der Waals surface area contributed by atoms with Gasteiger partial charge in [-0.15, -0.1) is 5.10 Å². The molecule has 0 saturated carbocycles. The van der Waals surface area contributed by atoms with Crippen LogP contribution in [0, 0.1) is 0 Å². The van der Waals surface area contributed by atoms with E-state index in [0.717, 1.165) is 21.5 Å². The molecule has 0 aliphatic carbocycles. The molecule has 3 N–H and O–H groups in total. The van der Waals surface area contributed by atoms with E-state index >= 15 is 0 Å². The van der Waals surface area contributed by atoms with Crippen molar-refractivity contribution < 1.29 is 73.9 Å². The number of hydrogen-bond acceptors (Lipinski definition) is 17. The summed E-state index contributed by atoms with van der Waals surface area (Å²) < 4.78 is 110. The molecule has 6 rings (SSSR count). The molecule has 2 aromatic carbocycles. The maximum Gasteiger partial charge on any atom is 0.417 e. The number of amides is 4. The Morgan fingerprint density at radius 2 is 1.50 bits per heavy atom. The molecule has 2 aliphatic rings. The van der Waals surface area contributed by atoms with Gasteiger partial charge >= 0.3 is 12.2 Å². The lowest BCUT2D eigenvalue weighted by Crippen LogP contribution is -2.54. The number of halogens is 3. The summed E-state index contributed by atoms with van der Waals surface area (Å²) in [7, 11) is -2.41. The highest BCUT2D eigenvalue weighted by Gasteiger charge is 2.46. The van der Waals surface area contributed by atoms with E-state index in [1.807, 2.05) is 4.72 Å². The van der Waals surface area contributed by atoms with Crippen molar-refractivity contribution in [2.24, 2.45) is 0 Å². The van der Waals surface area contributed by atoms with Crippen molar-refractivity contribution in [3.63, 3.8) is 0 Å². The quantitative estimate of drug-likeness (QED) is 0.0711. The fourth-order valence-electron chi connectivity index (χ4n) is 6.35. The Hall–Kier alpha value is -6.15. The Morgan fingerprint density at radius 3 is 2.15 bits per heavy atom. The van der Waals surface area contributed by atoms with Crippen LogP contribution in [0.15, 0.2) is 47.5 Å². The average molecular weight is 895 g/mol. The standard InChI is InChI=1S/C37H41F3N8O13S/c1-55-27-21-42-36(56-2)48-31(27)44-35(45-48)46-62(53,54)30-23(37(38,39)40)6-4-8-26(30)61-20-19-60-18-17-59-16-15-58-14-13-57-12-11-41-24-7-3-5-22-29(24)34(52)47(33(22)51)25-9-10-28(49)43-32(25)50/h3-8,21,25,41H,9-20H2,1-2H3,(H,45,46)(H,43,49,50). The van der Waals surface area contributed by atoms with Gasteiger partial charge in [-0.05, 0) is 30.7 Å². The minimum absolute atomic E-state index is 0.0159. The van der Waals surface area contributed by atoms with Crippen LogP contribution in [-0.4, -0.2) is 143 Å². The first-order valence-corrected chi connectivity index (χ1v) is 20.3. The van der Waals surface area contributed by atoms with Gasteiger partial charge in [-0.25, -0.2) is 13.1 Å². The van der Waals surface area contributed by atoms with Crippen molar-refractivity contribution in [1.82, 2.24) is 29.8 Å². The van der Waals surface area contributed by atoms with Crippen LogP contribution in [0.25, 0.3) is 5.65 Å². The third kappa shape index (κ3) is 10.5. The monoisotopic (exact) mass is 894 g/mol. The lowest BCUT2D eigenvalue weighted by atomic mass is 10.0. The van der Waals surface area contributed by atoms with Gasteiger partial charge in [0.05, 0.1) is 90.0 Å². The zero-order valence-corrected chi connectivity index (χ0v) is 34.0. The summed E-state index contributed by atoms with van der Waals surface area (Å²) >= 11 is 0. The van der Waals surface area contributed by atoms with Gasteiger partial charge in [-0.3, -0.25) is 29.4 Å². The second-order valence-electron chi connectivity index (χ2n) is 13.1. The van der Waals surface area contributed by atoms with Crippen molar-refractivity contribution in [3.05, 3.63) is 59.3 Å². The van der Waals surface area contributed by atoms with Crippen molar-refractivity contribution in [2.45, 2.75) is 30.0 Å². The number of rotatable bonds is 23. The molecule has 21 nitrogen and oxygen atoms in total. The molecule has 2 aliphatic heterocycles. The van der Waals surface area contributed by atoms with Crippen molar-refractivity contribution in [2.75, 3.05) is 90.3 Å². The fraction of sp³-hybridized carbons (Fsp3) is 0.432. The zero-order valence-electron chi connectivity index (χ0n) is 33.2. The predicted octanol–water partition coefficient (Wildman–Crippen LogP) is 1.92. The van der Waals surface area contributed by atoms with Crippen molar-refractivity contribution in [1.29, 1.82) is 0 Å². The first-order valence-electron chi connectivity index (χ1n) is 18.8. The number of benzene rings is 2. The second-order valence-corrected chi connectivity index (χ2v) is 14.7. The molecule has 1 unspecified atom stereocenters. The Bertz CT molecular complexity index is 2360. The lowest BCUT2D eigenvalue weighted by Gasteiger charge is -2.27. The molecule has 4 heterocycles. The largest absolute Gasteiger partial charge is 0.491 e. The number of alkyl halides is 3. The van der Waals surface area contributed by atoms with Crippen LogP contribution in [-0.2, 0) is 44.7 Å². The van der Waals surface area contributed by atoms with E-state index in [2.05, 4.69) is 25.7 Å². The number of carbonyl (C=O) groups is 4. The highest BCUT2D eigenvalue weighted by atomic mass is 32.2. The summed E-state index contributed by atoms with van der Waals surface area (Å²) in [5.41, 5.74) is -0.768. The number of piperidine rings is 1. The number of nitrogens with one attached hydrogen (secondary N) is 3. The molecule has 4 aromatic rings. The fourth-order valence-corrected chi connectivity index (χ4v) is 7.65.